The van der Waals surface area contributed by atoms with Gasteiger partial charge in [0.05, 0.1) is 5.56 Å². The molecule has 0 radical (unpaired) electrons. The summed E-state index contributed by atoms with van der Waals surface area (Å²) in [7, 11) is 0. The van der Waals surface area contributed by atoms with E-state index in [2.05, 4.69) is 23.6 Å². The highest BCUT2D eigenvalue weighted by atomic mass is 35.5. The third kappa shape index (κ3) is 2.49. The van der Waals surface area contributed by atoms with E-state index in [1.165, 1.54) is 10.1 Å². The van der Waals surface area contributed by atoms with Crippen LogP contribution in [0.5, 0.6) is 5.75 Å². The summed E-state index contributed by atoms with van der Waals surface area (Å²) < 4.78 is 7.00. The number of rotatable bonds is 3. The summed E-state index contributed by atoms with van der Waals surface area (Å²) in [5.41, 5.74) is 1.61. The first-order chi connectivity index (χ1) is 9.78. The monoisotopic (exact) mass is 299 g/mol. The minimum absolute atomic E-state index is 0.430. The fourth-order valence-corrected chi connectivity index (χ4v) is 3.12. The number of halogens is 1. The molecule has 0 atom stereocenters. The van der Waals surface area contributed by atoms with Crippen LogP contribution >= 0.6 is 22.9 Å². The highest BCUT2D eigenvalue weighted by molar-refractivity contribution is 7.17. The standard InChI is InChI=1S/C16H10ClNOS/c17-13-6-5-11(8-18)15(7-13)19-9-12-10-20-16-4-2-1-3-14(12)16/h1-7,10H,9H2. The predicted molar refractivity (Wildman–Crippen MR) is 82.3 cm³/mol. The number of fused-ring (bicyclic) bond motifs is 1. The zero-order valence-corrected chi connectivity index (χ0v) is 12.0. The molecule has 0 aliphatic carbocycles. The maximum atomic E-state index is 9.07. The minimum atomic E-state index is 0.430. The van der Waals surface area contributed by atoms with Crippen LogP contribution in [0.25, 0.3) is 10.1 Å². The first kappa shape index (κ1) is 13.0. The molecule has 3 rings (SSSR count). The van der Waals surface area contributed by atoms with Crippen molar-refractivity contribution in [2.75, 3.05) is 0 Å². The van der Waals surface area contributed by atoms with Crippen LogP contribution in [-0.4, -0.2) is 0 Å². The van der Waals surface area contributed by atoms with E-state index in [1.807, 2.05) is 12.1 Å². The molecule has 2 aromatic carbocycles. The van der Waals surface area contributed by atoms with Crippen LogP contribution in [0.15, 0.2) is 47.8 Å². The van der Waals surface area contributed by atoms with Crippen molar-refractivity contribution in [1.82, 2.24) is 0 Å². The van der Waals surface area contributed by atoms with Crippen molar-refractivity contribution in [2.45, 2.75) is 6.61 Å². The van der Waals surface area contributed by atoms with Gasteiger partial charge in [0.25, 0.3) is 0 Å². The third-order valence-corrected chi connectivity index (χ3v) is 4.26. The average molecular weight is 300 g/mol. The molecule has 1 aromatic heterocycles. The Morgan fingerprint density at radius 1 is 1.20 bits per heavy atom. The van der Waals surface area contributed by atoms with Crippen molar-refractivity contribution in [3.63, 3.8) is 0 Å². The second kappa shape index (κ2) is 5.54. The number of nitriles is 1. The van der Waals surface area contributed by atoms with Crippen LogP contribution in [0.3, 0.4) is 0 Å². The van der Waals surface area contributed by atoms with Gasteiger partial charge in [0.2, 0.25) is 0 Å². The molecular weight excluding hydrogens is 290 g/mol. The van der Waals surface area contributed by atoms with Crippen molar-refractivity contribution in [2.24, 2.45) is 0 Å². The molecule has 0 bridgehead atoms. The van der Waals surface area contributed by atoms with Gasteiger partial charge in [-0.2, -0.15) is 5.26 Å². The van der Waals surface area contributed by atoms with Crippen molar-refractivity contribution >= 4 is 33.0 Å². The fraction of sp³-hybridized carbons (Fsp3) is 0.0625. The molecule has 0 aliphatic heterocycles. The molecule has 20 heavy (non-hydrogen) atoms. The topological polar surface area (TPSA) is 33.0 Å². The number of ether oxygens (including phenoxy) is 1. The van der Waals surface area contributed by atoms with Crippen molar-refractivity contribution in [3.05, 3.63) is 64.0 Å². The molecule has 1 heterocycles. The van der Waals surface area contributed by atoms with Crippen LogP contribution in [0.2, 0.25) is 5.02 Å². The molecule has 98 valence electrons. The molecule has 0 amide bonds. The summed E-state index contributed by atoms with van der Waals surface area (Å²) in [5, 5.41) is 12.9. The predicted octanol–water partition coefficient (Wildman–Crippen LogP) is 5.01. The quantitative estimate of drug-likeness (QED) is 0.681. The maximum absolute atomic E-state index is 9.07. The Morgan fingerprint density at radius 3 is 2.90 bits per heavy atom. The number of benzene rings is 2. The van der Waals surface area contributed by atoms with E-state index >= 15 is 0 Å². The number of thiophene rings is 1. The van der Waals surface area contributed by atoms with Gasteiger partial charge in [-0.25, -0.2) is 0 Å². The normalized spacial score (nSPS) is 10.4. The molecule has 0 spiro atoms. The van der Waals surface area contributed by atoms with Gasteiger partial charge in [0, 0.05) is 21.4 Å². The Kier molecular flexibility index (Phi) is 3.60. The molecule has 2 nitrogen and oxygen atoms in total. The maximum Gasteiger partial charge on any atom is 0.139 e. The summed E-state index contributed by atoms with van der Waals surface area (Å²) in [6.07, 6.45) is 0. The number of hydrogen-bond acceptors (Lipinski definition) is 3. The highest BCUT2D eigenvalue weighted by Gasteiger charge is 2.07. The second-order valence-electron chi connectivity index (χ2n) is 4.30. The van der Waals surface area contributed by atoms with Gasteiger partial charge >= 0.3 is 0 Å². The Hall–Kier alpha value is -2.02. The van der Waals surface area contributed by atoms with Crippen molar-refractivity contribution in [3.8, 4) is 11.8 Å². The largest absolute Gasteiger partial charge is 0.487 e. The Morgan fingerprint density at radius 2 is 2.05 bits per heavy atom. The van der Waals surface area contributed by atoms with Gasteiger partial charge in [0.15, 0.2) is 0 Å². The van der Waals surface area contributed by atoms with E-state index in [-0.39, 0.29) is 0 Å². The smallest absolute Gasteiger partial charge is 0.139 e. The molecule has 0 saturated heterocycles. The number of hydrogen-bond donors (Lipinski definition) is 0. The zero-order valence-electron chi connectivity index (χ0n) is 10.5. The van der Waals surface area contributed by atoms with Crippen LogP contribution in [-0.2, 0) is 6.61 Å². The van der Waals surface area contributed by atoms with E-state index in [9.17, 15) is 0 Å². The van der Waals surface area contributed by atoms with E-state index in [0.29, 0.717) is 22.9 Å². The summed E-state index contributed by atoms with van der Waals surface area (Å²) in [5.74, 6) is 0.523. The lowest BCUT2D eigenvalue weighted by molar-refractivity contribution is 0.307. The Balaban J connectivity index is 1.87. The second-order valence-corrected chi connectivity index (χ2v) is 5.65. The first-order valence-electron chi connectivity index (χ1n) is 6.05. The molecule has 4 heteroatoms. The summed E-state index contributed by atoms with van der Waals surface area (Å²) in [6, 6.07) is 15.3. The lowest BCUT2D eigenvalue weighted by Crippen LogP contribution is -1.96. The summed E-state index contributed by atoms with van der Waals surface area (Å²) >= 11 is 7.63. The van der Waals surface area contributed by atoms with Gasteiger partial charge < -0.3 is 4.74 Å². The van der Waals surface area contributed by atoms with Crippen LogP contribution in [0.4, 0.5) is 0 Å². The first-order valence-corrected chi connectivity index (χ1v) is 7.31. The molecule has 0 aliphatic rings. The fourth-order valence-electron chi connectivity index (χ4n) is 2.01. The average Bonchev–Trinajstić information content (AvgIpc) is 2.88. The van der Waals surface area contributed by atoms with Crippen LogP contribution in [0.1, 0.15) is 11.1 Å². The summed E-state index contributed by atoms with van der Waals surface area (Å²) in [4.78, 5) is 0. The van der Waals surface area contributed by atoms with E-state index < -0.39 is 0 Å². The SMILES string of the molecule is N#Cc1ccc(Cl)cc1OCc1csc2ccccc12. The van der Waals surface area contributed by atoms with Crippen molar-refractivity contribution in [1.29, 1.82) is 5.26 Å². The highest BCUT2D eigenvalue weighted by Crippen LogP contribution is 2.28. The van der Waals surface area contributed by atoms with Crippen molar-refractivity contribution < 1.29 is 4.74 Å². The molecule has 0 N–H and O–H groups in total. The minimum Gasteiger partial charge on any atom is -0.487 e. The summed E-state index contributed by atoms with van der Waals surface area (Å²) in [6.45, 7) is 0.430. The molecule has 0 unspecified atom stereocenters. The number of nitrogens with zero attached hydrogens (tertiary/aromatic N) is 1. The Bertz CT molecular complexity index is 804. The van der Waals surface area contributed by atoms with Gasteiger partial charge in [-0.1, -0.05) is 29.8 Å². The molecular formula is C16H10ClNOS. The van der Waals surface area contributed by atoms with Gasteiger partial charge in [-0.05, 0) is 29.0 Å². The molecule has 0 saturated carbocycles. The Labute approximate surface area is 125 Å². The van der Waals surface area contributed by atoms with E-state index in [0.717, 1.165) is 5.56 Å². The van der Waals surface area contributed by atoms with E-state index in [1.54, 1.807) is 29.5 Å². The zero-order chi connectivity index (χ0) is 13.9. The third-order valence-electron chi connectivity index (χ3n) is 3.01. The molecule has 3 aromatic rings. The van der Waals surface area contributed by atoms with Crippen LogP contribution < -0.4 is 4.74 Å². The molecule has 0 fully saturated rings. The lowest BCUT2D eigenvalue weighted by atomic mass is 10.2. The van der Waals surface area contributed by atoms with Gasteiger partial charge in [-0.15, -0.1) is 11.3 Å². The van der Waals surface area contributed by atoms with Crippen LogP contribution in [0, 0.1) is 11.3 Å². The van der Waals surface area contributed by atoms with E-state index in [4.69, 9.17) is 21.6 Å². The van der Waals surface area contributed by atoms with Gasteiger partial charge in [-0.3, -0.25) is 0 Å². The van der Waals surface area contributed by atoms with Gasteiger partial charge in [0.1, 0.15) is 18.4 Å². The lowest BCUT2D eigenvalue weighted by Gasteiger charge is -2.07.